The van der Waals surface area contributed by atoms with Gasteiger partial charge in [0, 0.05) is 53.8 Å². The Morgan fingerprint density at radius 2 is 1.62 bits per heavy atom. The monoisotopic (exact) mass is 1180 g/mol. The maximum atomic E-state index is 14.1. The molecular weight excluding hydrogens is 1100 g/mol. The third-order valence-corrected chi connectivity index (χ3v) is 19.7. The van der Waals surface area contributed by atoms with E-state index in [0.717, 1.165) is 42.5 Å². The molecule has 85 heavy (non-hydrogen) atoms. The number of amides is 4. The molecule has 23 nitrogen and oxygen atoms in total. The molecule has 2 heterocycles. The van der Waals surface area contributed by atoms with Crippen LogP contribution in [0.25, 0.3) is 0 Å². The Morgan fingerprint density at radius 3 is 2.32 bits per heavy atom. The van der Waals surface area contributed by atoms with Crippen LogP contribution in [-0.2, 0) is 60.7 Å². The summed E-state index contributed by atoms with van der Waals surface area (Å²) in [5.41, 5.74) is -0.0881. The SMILES string of the molecule is CC(=O)N[C@@H](CCCCNC(C)C)C(=O)NCCC(=O)Nc1cc(COC(=O)NC23CC(Cc4ccc([C@@H]5O[C@@H]6C[C@H]7[C@@H]8CCC9=CC(=O)C=C[C@]9(C)[C@H]8[C@@H](O)C[C@]7(C)[C@]6(C(=O)CO)O5)cc4)(C2)C3)ccc1O[C@@H]1O[C@H](C(=O)O)[C@@H](O)[C@H](O)[C@H]1O. The van der Waals surface area contributed by atoms with E-state index in [9.17, 15) is 64.2 Å². The van der Waals surface area contributed by atoms with E-state index in [2.05, 4.69) is 33.5 Å². The molecule has 11 rings (SSSR count). The molecule has 2 aromatic rings. The van der Waals surface area contributed by atoms with E-state index in [1.54, 1.807) is 12.2 Å². The Bertz CT molecular complexity index is 2970. The fraction of sp³-hybridized carbons (Fsp3) is 0.629. The largest absolute Gasteiger partial charge is 0.479 e. The Kier molecular flexibility index (Phi) is 17.6. The van der Waals surface area contributed by atoms with Crippen LogP contribution in [0.2, 0.25) is 0 Å². The number of aliphatic hydroxyl groups excluding tert-OH is 5. The van der Waals surface area contributed by atoms with Gasteiger partial charge in [-0.05, 0) is 130 Å². The molecule has 11 N–H and O–H groups in total. The van der Waals surface area contributed by atoms with Crippen molar-refractivity contribution in [2.45, 2.75) is 191 Å². The number of allylic oxidation sites excluding steroid dienone is 4. The summed E-state index contributed by atoms with van der Waals surface area (Å²) < 4.78 is 30.3. The first kappa shape index (κ1) is 61.9. The topological polar surface area (TPSA) is 347 Å². The van der Waals surface area contributed by atoms with Gasteiger partial charge in [-0.1, -0.05) is 69.7 Å². The number of fused-ring (bicyclic) bond motifs is 7. The summed E-state index contributed by atoms with van der Waals surface area (Å²) in [6, 6.07) is 11.6. The number of rotatable bonds is 23. The van der Waals surface area contributed by atoms with Gasteiger partial charge in [0.05, 0.1) is 17.9 Å². The number of hydrogen-bond acceptors (Lipinski definition) is 18. The average Bonchev–Trinajstić information content (AvgIpc) is 1.68. The predicted molar refractivity (Wildman–Crippen MR) is 302 cm³/mol. The summed E-state index contributed by atoms with van der Waals surface area (Å²) >= 11 is 0. The molecule has 6 saturated carbocycles. The van der Waals surface area contributed by atoms with Crippen LogP contribution < -0.4 is 31.3 Å². The number of hydrogen-bond donors (Lipinski definition) is 11. The van der Waals surface area contributed by atoms with Gasteiger partial charge in [0.1, 0.15) is 43.3 Å². The van der Waals surface area contributed by atoms with E-state index in [4.69, 9.17) is 23.7 Å². The molecule has 462 valence electrons. The molecule has 2 bridgehead atoms. The number of carbonyl (C=O) groups is 7. The minimum absolute atomic E-state index is 0.0251. The molecule has 2 aromatic carbocycles. The van der Waals surface area contributed by atoms with Gasteiger partial charge in [0.25, 0.3) is 0 Å². The number of aliphatic carboxylic acids is 1. The van der Waals surface area contributed by atoms with E-state index in [1.165, 1.54) is 25.1 Å². The number of ether oxygens (including phenoxy) is 5. The van der Waals surface area contributed by atoms with E-state index >= 15 is 0 Å². The fourth-order valence-corrected chi connectivity index (χ4v) is 15.9. The number of aliphatic hydroxyl groups is 5. The average molecular weight is 1180 g/mol. The highest BCUT2D eigenvalue weighted by atomic mass is 16.7. The van der Waals surface area contributed by atoms with Crippen LogP contribution in [0.5, 0.6) is 5.75 Å². The highest BCUT2D eigenvalue weighted by molar-refractivity contribution is 6.01. The smallest absolute Gasteiger partial charge is 0.407 e. The molecule has 15 atom stereocenters. The number of nitrogens with one attached hydrogen (secondary N) is 5. The molecule has 0 radical (unpaired) electrons. The number of unbranched alkanes of at least 4 members (excludes halogenated alkanes) is 1. The first-order chi connectivity index (χ1) is 40.3. The van der Waals surface area contributed by atoms with Gasteiger partial charge in [-0.25, -0.2) is 9.59 Å². The molecule has 23 heteroatoms. The second-order valence-electron chi connectivity index (χ2n) is 25.9. The van der Waals surface area contributed by atoms with Crippen molar-refractivity contribution < 1.29 is 87.9 Å². The first-order valence-corrected chi connectivity index (χ1v) is 29.8. The molecule has 9 aliphatic rings. The molecule has 0 aromatic heterocycles. The summed E-state index contributed by atoms with van der Waals surface area (Å²) in [5.74, 6) is -3.87. The maximum absolute atomic E-state index is 14.1. The van der Waals surface area contributed by atoms with Crippen LogP contribution in [0.3, 0.4) is 0 Å². The van der Waals surface area contributed by atoms with E-state index in [-0.39, 0.29) is 72.3 Å². The summed E-state index contributed by atoms with van der Waals surface area (Å²) in [6.07, 6.45) is -0.591. The molecule has 0 spiro atoms. The lowest BCUT2D eigenvalue weighted by Crippen LogP contribution is -2.75. The van der Waals surface area contributed by atoms with Crippen molar-refractivity contribution >= 4 is 47.0 Å². The quantitative estimate of drug-likeness (QED) is 0.0712. The van der Waals surface area contributed by atoms with Gasteiger partial charge < -0.3 is 80.9 Å². The summed E-state index contributed by atoms with van der Waals surface area (Å²) in [6.45, 7) is 9.10. The van der Waals surface area contributed by atoms with Gasteiger partial charge >= 0.3 is 12.1 Å². The fourth-order valence-electron chi connectivity index (χ4n) is 15.9. The molecular formula is C62H81N5O18. The second-order valence-corrected chi connectivity index (χ2v) is 25.9. The molecule has 2 saturated heterocycles. The van der Waals surface area contributed by atoms with Gasteiger partial charge in [-0.15, -0.1) is 0 Å². The Morgan fingerprint density at radius 1 is 0.894 bits per heavy atom. The first-order valence-electron chi connectivity index (χ1n) is 29.8. The highest BCUT2D eigenvalue weighted by Gasteiger charge is 2.76. The zero-order chi connectivity index (χ0) is 61.0. The highest BCUT2D eigenvalue weighted by Crippen LogP contribution is 2.71. The molecule has 8 fully saturated rings. The van der Waals surface area contributed by atoms with E-state index < -0.39 is 113 Å². The van der Waals surface area contributed by atoms with E-state index in [1.807, 2.05) is 51.1 Å². The van der Waals surface area contributed by atoms with Crippen molar-refractivity contribution in [2.24, 2.45) is 34.0 Å². The maximum Gasteiger partial charge on any atom is 0.407 e. The summed E-state index contributed by atoms with van der Waals surface area (Å²) in [7, 11) is 0. The molecule has 7 aliphatic carbocycles. The number of carboxylic acid groups (broad SMARTS) is 1. The zero-order valence-corrected chi connectivity index (χ0v) is 48.7. The predicted octanol–water partition coefficient (Wildman–Crippen LogP) is 3.07. The third-order valence-electron chi connectivity index (χ3n) is 19.7. The van der Waals surface area contributed by atoms with Gasteiger partial charge in [0.15, 0.2) is 29.6 Å². The van der Waals surface area contributed by atoms with E-state index in [0.29, 0.717) is 56.6 Å². The van der Waals surface area contributed by atoms with Crippen molar-refractivity contribution in [3.05, 3.63) is 83.0 Å². The van der Waals surface area contributed by atoms with Crippen LogP contribution in [0, 0.1) is 34.0 Å². The van der Waals surface area contributed by atoms with Crippen molar-refractivity contribution in [3.8, 4) is 5.75 Å². The standard InChI is InChI=1S/C62H81N5O18/c1-32(2)63-20-7-6-8-41(65-33(3)69)53(77)64-21-18-47(73)66-42-22-35(11-16-44(42)82-56-51(76)49(74)50(75)52(84-56)54(78)79)28-81-57(80)67-61-29-60(30-61,31-61)25-34-9-12-36(13-10-34)55-83-46-24-40-39-15-14-37-23-38(70)17-19-58(37,4)48(39)43(71)26-59(40,5)62(46,85-55)45(72)27-68/h9-13,16-17,19,22-23,32,39-41,43,46,48-52,55-56,63,68,71,74-76H,6-8,14-15,18,20-21,24-31H2,1-5H3,(H,64,77)(H,65,69)(H,66,73)(H,67,80)(H,78,79)/t39-,40-,41-,43-,46+,48+,49-,50-,51+,52-,55+,56+,58-,59-,60?,61?,62+/m0/s1. The Hall–Kier alpha value is -6.15. The zero-order valence-electron chi connectivity index (χ0n) is 48.7. The number of anilines is 1. The van der Waals surface area contributed by atoms with Gasteiger partial charge in [0.2, 0.25) is 24.0 Å². The number of alkyl carbamates (subject to hydrolysis) is 1. The minimum atomic E-state index is -1.98. The normalized spacial score (nSPS) is 36.0. The lowest BCUT2D eigenvalue weighted by Gasteiger charge is -2.70. The number of carbonyl (C=O) groups excluding carboxylic acids is 6. The number of carboxylic acids is 1. The molecule has 4 amide bonds. The van der Waals surface area contributed by atoms with Crippen LogP contribution in [0.15, 0.2) is 66.3 Å². The Labute approximate surface area is 493 Å². The van der Waals surface area contributed by atoms with Crippen LogP contribution >= 0.6 is 0 Å². The third kappa shape index (κ3) is 11.9. The summed E-state index contributed by atoms with van der Waals surface area (Å²) in [4.78, 5) is 90.0. The Balaban J connectivity index is 0.729. The van der Waals surface area contributed by atoms with Crippen LogP contribution in [-0.4, -0.2) is 158 Å². The molecule has 2 aliphatic heterocycles. The number of benzene rings is 2. The van der Waals surface area contributed by atoms with Gasteiger partial charge in [-0.2, -0.15) is 0 Å². The van der Waals surface area contributed by atoms with Gasteiger partial charge in [-0.3, -0.25) is 24.0 Å². The second kappa shape index (κ2) is 24.2. The number of Topliss-reactive ketones (excluding diaryl/α,β-unsaturated/α-hetero) is 1. The van der Waals surface area contributed by atoms with Crippen molar-refractivity contribution in [2.75, 3.05) is 25.0 Å². The summed E-state index contributed by atoms with van der Waals surface area (Å²) in [5, 5.41) is 77.8. The minimum Gasteiger partial charge on any atom is -0.479 e. The van der Waals surface area contributed by atoms with Crippen LogP contribution in [0.1, 0.15) is 128 Å². The van der Waals surface area contributed by atoms with Crippen molar-refractivity contribution in [3.63, 3.8) is 0 Å². The lowest BCUT2D eigenvalue weighted by atomic mass is 9.38. The van der Waals surface area contributed by atoms with Crippen molar-refractivity contribution in [1.82, 2.24) is 21.3 Å². The van der Waals surface area contributed by atoms with Crippen molar-refractivity contribution in [1.29, 1.82) is 0 Å². The lowest BCUT2D eigenvalue weighted by molar-refractivity contribution is -0.271. The van der Waals surface area contributed by atoms with Crippen LogP contribution in [0.4, 0.5) is 10.5 Å². The molecule has 0 unspecified atom stereocenters. The number of ketones is 2.